The quantitative estimate of drug-likeness (QED) is 0.732. The van der Waals surface area contributed by atoms with Crippen molar-refractivity contribution in [3.8, 4) is 5.75 Å². The van der Waals surface area contributed by atoms with Gasteiger partial charge in [0.15, 0.2) is 0 Å². The molecule has 0 spiro atoms. The number of methoxy groups -OCH3 is 2. The van der Waals surface area contributed by atoms with Gasteiger partial charge in [-0.2, -0.15) is 0 Å². The van der Waals surface area contributed by atoms with Crippen molar-refractivity contribution in [3.05, 3.63) is 65.4 Å². The second-order valence-electron chi connectivity index (χ2n) is 7.11. The van der Waals surface area contributed by atoms with E-state index < -0.39 is 0 Å². The second kappa shape index (κ2) is 7.14. The lowest BCUT2D eigenvalue weighted by atomic mass is 9.71. The molecular formula is C22H26N2O2. The zero-order valence-corrected chi connectivity index (χ0v) is 15.4. The standard InChI is InChI=1S/C22H26N2O2/c1-25-12-11-17-21-16-5-3-4-6-19(16)24-20(21)13-18(22(17)23)14-7-9-15(26-2)10-8-14/h3-10,17-18,22,24H,11-13,23H2,1-2H3/t17-,18-,22+/m1/s1. The third-order valence-corrected chi connectivity index (χ3v) is 5.73. The number of benzene rings is 2. The summed E-state index contributed by atoms with van der Waals surface area (Å²) in [6.07, 6.45) is 1.86. The summed E-state index contributed by atoms with van der Waals surface area (Å²) in [6, 6.07) is 16.9. The van der Waals surface area contributed by atoms with Gasteiger partial charge in [-0.3, -0.25) is 0 Å². The van der Waals surface area contributed by atoms with E-state index in [0.29, 0.717) is 6.61 Å². The average molecular weight is 350 g/mol. The molecule has 2 aromatic carbocycles. The molecule has 0 radical (unpaired) electrons. The summed E-state index contributed by atoms with van der Waals surface area (Å²) >= 11 is 0. The van der Waals surface area contributed by atoms with Crippen LogP contribution in [0.25, 0.3) is 10.9 Å². The Kier molecular flexibility index (Phi) is 4.70. The molecule has 0 fully saturated rings. The molecule has 26 heavy (non-hydrogen) atoms. The Morgan fingerprint density at radius 1 is 1.08 bits per heavy atom. The summed E-state index contributed by atoms with van der Waals surface area (Å²) in [7, 11) is 3.45. The number of nitrogens with one attached hydrogen (secondary N) is 1. The molecule has 1 aromatic heterocycles. The van der Waals surface area contributed by atoms with Crippen molar-refractivity contribution in [2.45, 2.75) is 30.7 Å². The van der Waals surface area contributed by atoms with Crippen LogP contribution in [0, 0.1) is 0 Å². The highest BCUT2D eigenvalue weighted by Crippen LogP contribution is 2.44. The molecule has 1 aliphatic carbocycles. The first-order valence-electron chi connectivity index (χ1n) is 9.21. The van der Waals surface area contributed by atoms with Crippen LogP contribution in [0.2, 0.25) is 0 Å². The minimum absolute atomic E-state index is 0.0604. The van der Waals surface area contributed by atoms with Gasteiger partial charge in [0.05, 0.1) is 7.11 Å². The highest BCUT2D eigenvalue weighted by Gasteiger charge is 2.37. The molecule has 0 amide bonds. The number of nitrogens with two attached hydrogens (primary N) is 1. The Labute approximate surface area is 154 Å². The number of H-pyrrole nitrogens is 1. The van der Waals surface area contributed by atoms with E-state index in [1.54, 1.807) is 14.2 Å². The van der Waals surface area contributed by atoms with Gasteiger partial charge in [-0.05, 0) is 42.2 Å². The first-order valence-corrected chi connectivity index (χ1v) is 9.21. The third-order valence-electron chi connectivity index (χ3n) is 5.73. The van der Waals surface area contributed by atoms with Crippen molar-refractivity contribution in [2.24, 2.45) is 5.73 Å². The molecule has 3 aromatic rings. The number of aromatic nitrogens is 1. The first-order chi connectivity index (χ1) is 12.7. The van der Waals surface area contributed by atoms with E-state index in [9.17, 15) is 0 Å². The van der Waals surface area contributed by atoms with Crippen LogP contribution in [0.3, 0.4) is 0 Å². The SMILES string of the molecule is COCC[C@@H]1c2c([nH]c3ccccc23)C[C@H](c2ccc(OC)cc2)[C@H]1N. The van der Waals surface area contributed by atoms with Crippen LogP contribution < -0.4 is 10.5 Å². The van der Waals surface area contributed by atoms with Gasteiger partial charge in [0, 0.05) is 48.2 Å². The summed E-state index contributed by atoms with van der Waals surface area (Å²) in [5, 5.41) is 1.30. The fourth-order valence-corrected chi connectivity index (χ4v) is 4.41. The zero-order chi connectivity index (χ0) is 18.1. The summed E-state index contributed by atoms with van der Waals surface area (Å²) < 4.78 is 10.7. The highest BCUT2D eigenvalue weighted by atomic mass is 16.5. The maximum Gasteiger partial charge on any atom is 0.118 e. The first kappa shape index (κ1) is 17.1. The van der Waals surface area contributed by atoms with Crippen LogP contribution in [-0.2, 0) is 11.2 Å². The lowest BCUT2D eigenvalue weighted by Crippen LogP contribution is -2.40. The lowest BCUT2D eigenvalue weighted by Gasteiger charge is -2.36. The summed E-state index contributed by atoms with van der Waals surface area (Å²) in [6.45, 7) is 0.715. The molecule has 1 aliphatic rings. The molecule has 0 aliphatic heterocycles. The molecule has 3 N–H and O–H groups in total. The van der Waals surface area contributed by atoms with Gasteiger partial charge in [0.2, 0.25) is 0 Å². The van der Waals surface area contributed by atoms with Crippen LogP contribution in [-0.4, -0.2) is 31.9 Å². The Morgan fingerprint density at radius 3 is 2.58 bits per heavy atom. The Morgan fingerprint density at radius 2 is 1.85 bits per heavy atom. The molecule has 0 saturated heterocycles. The monoisotopic (exact) mass is 350 g/mol. The molecule has 0 unspecified atom stereocenters. The van der Waals surface area contributed by atoms with Crippen molar-refractivity contribution in [3.63, 3.8) is 0 Å². The number of hydrogen-bond donors (Lipinski definition) is 2. The molecule has 4 nitrogen and oxygen atoms in total. The Hall–Kier alpha value is -2.30. The van der Waals surface area contributed by atoms with Crippen molar-refractivity contribution >= 4 is 10.9 Å². The topological polar surface area (TPSA) is 60.3 Å². The molecule has 4 heteroatoms. The van der Waals surface area contributed by atoms with E-state index in [-0.39, 0.29) is 17.9 Å². The van der Waals surface area contributed by atoms with Crippen molar-refractivity contribution in [2.75, 3.05) is 20.8 Å². The minimum atomic E-state index is 0.0604. The average Bonchev–Trinajstić information content (AvgIpc) is 3.05. The molecule has 0 saturated carbocycles. The smallest absolute Gasteiger partial charge is 0.118 e. The molecule has 3 atom stereocenters. The third kappa shape index (κ3) is 2.89. The Balaban J connectivity index is 1.77. The maximum absolute atomic E-state index is 6.83. The van der Waals surface area contributed by atoms with Gasteiger partial charge in [0.25, 0.3) is 0 Å². The predicted molar refractivity (Wildman–Crippen MR) is 105 cm³/mol. The largest absolute Gasteiger partial charge is 0.497 e. The van der Waals surface area contributed by atoms with Gasteiger partial charge in [-0.25, -0.2) is 0 Å². The van der Waals surface area contributed by atoms with Crippen molar-refractivity contribution in [1.29, 1.82) is 0 Å². The fourth-order valence-electron chi connectivity index (χ4n) is 4.41. The number of rotatable bonds is 5. The minimum Gasteiger partial charge on any atom is -0.497 e. The van der Waals surface area contributed by atoms with E-state index in [4.69, 9.17) is 15.2 Å². The van der Waals surface area contributed by atoms with E-state index in [0.717, 1.165) is 18.6 Å². The van der Waals surface area contributed by atoms with Gasteiger partial charge >= 0.3 is 0 Å². The number of hydrogen-bond acceptors (Lipinski definition) is 3. The van der Waals surface area contributed by atoms with E-state index >= 15 is 0 Å². The number of ether oxygens (including phenoxy) is 2. The van der Waals surface area contributed by atoms with Crippen LogP contribution in [0.15, 0.2) is 48.5 Å². The molecule has 1 heterocycles. The molecule has 0 bridgehead atoms. The van der Waals surface area contributed by atoms with Gasteiger partial charge in [0.1, 0.15) is 5.75 Å². The molecule has 136 valence electrons. The molecule has 4 rings (SSSR count). The van der Waals surface area contributed by atoms with Crippen LogP contribution in [0.4, 0.5) is 0 Å². The predicted octanol–water partition coefficient (Wildman–Crippen LogP) is 3.96. The summed E-state index contributed by atoms with van der Waals surface area (Å²) in [4.78, 5) is 3.64. The van der Waals surface area contributed by atoms with E-state index in [1.165, 1.54) is 27.7 Å². The van der Waals surface area contributed by atoms with Crippen LogP contribution in [0.5, 0.6) is 5.75 Å². The fraction of sp³-hybridized carbons (Fsp3) is 0.364. The number of aromatic amines is 1. The number of para-hydroxylation sites is 1. The normalized spacial score (nSPS) is 22.3. The summed E-state index contributed by atoms with van der Waals surface area (Å²) in [5.41, 5.74) is 12.0. The van der Waals surface area contributed by atoms with Crippen molar-refractivity contribution < 1.29 is 9.47 Å². The Bertz CT molecular complexity index is 885. The van der Waals surface area contributed by atoms with E-state index in [1.807, 2.05) is 12.1 Å². The second-order valence-corrected chi connectivity index (χ2v) is 7.11. The van der Waals surface area contributed by atoms with Gasteiger partial charge in [-0.1, -0.05) is 30.3 Å². The van der Waals surface area contributed by atoms with Gasteiger partial charge in [-0.15, -0.1) is 0 Å². The lowest BCUT2D eigenvalue weighted by molar-refractivity contribution is 0.180. The van der Waals surface area contributed by atoms with E-state index in [2.05, 4.69) is 41.4 Å². The molecular weight excluding hydrogens is 324 g/mol. The summed E-state index contributed by atoms with van der Waals surface area (Å²) in [5.74, 6) is 1.44. The van der Waals surface area contributed by atoms with Crippen LogP contribution in [0.1, 0.15) is 35.1 Å². The maximum atomic E-state index is 6.83. The van der Waals surface area contributed by atoms with Crippen molar-refractivity contribution in [1.82, 2.24) is 4.98 Å². The van der Waals surface area contributed by atoms with Gasteiger partial charge < -0.3 is 20.2 Å². The van der Waals surface area contributed by atoms with Crippen LogP contribution >= 0.6 is 0 Å². The highest BCUT2D eigenvalue weighted by molar-refractivity contribution is 5.85. The number of fused-ring (bicyclic) bond motifs is 3. The zero-order valence-electron chi connectivity index (χ0n) is 15.4.